The lowest BCUT2D eigenvalue weighted by Gasteiger charge is -1.74. The largest absolute Gasteiger partial charge is 0.500 e. The van der Waals surface area contributed by atoms with Gasteiger partial charge in [-0.1, -0.05) is 20.3 Å². The predicted molar refractivity (Wildman–Crippen MR) is 57.0 cm³/mol. The predicted octanol–water partition coefficient (Wildman–Crippen LogP) is 3.15. The normalized spacial score (nSPS) is 6.22. The van der Waals surface area contributed by atoms with Crippen LogP contribution in [0.25, 0.3) is 0 Å². The molecule has 0 aliphatic rings. The topological polar surface area (TPSA) is 0 Å². The smallest absolute Gasteiger partial charge is 0.346 e. The first-order valence-electron chi connectivity index (χ1n) is 3.45. The number of rotatable bonds is 3. The minimum atomic E-state index is -0.103. The maximum Gasteiger partial charge on any atom is 0.500 e. The summed E-state index contributed by atoms with van der Waals surface area (Å²) in [7, 11) is 5.32. The summed E-state index contributed by atoms with van der Waals surface area (Å²) < 4.78 is 2.74. The summed E-state index contributed by atoms with van der Waals surface area (Å²) in [6.07, 6.45) is 1.40. The van der Waals surface area contributed by atoms with E-state index in [1.165, 1.54) is 15.5 Å². The Hall–Kier alpha value is 2.55. The van der Waals surface area contributed by atoms with Crippen molar-refractivity contribution in [3.05, 3.63) is 0 Å². The standard InChI is InChI=1S/C3H7.C2H5.ClH.HI.2Mg/c1-3-2;1-2;;;;/h1,3H2,2H3;1H2,2H3;2*1H;;/q;;;;2*+1/p-2. The van der Waals surface area contributed by atoms with Crippen LogP contribution in [0, 0.1) is 0 Å². The van der Waals surface area contributed by atoms with E-state index in [4.69, 9.17) is 9.07 Å². The number of hydrogen-bond donors (Lipinski definition) is 0. The van der Waals surface area contributed by atoms with Gasteiger partial charge in [0.2, 0.25) is 0 Å². The van der Waals surface area contributed by atoms with Gasteiger partial charge in [-0.15, -0.1) is 9.10 Å². The average molecular weight is 283 g/mol. The van der Waals surface area contributed by atoms with E-state index in [0.717, 1.165) is 0 Å². The zero-order valence-corrected chi connectivity index (χ0v) is 12.0. The Morgan fingerprint density at radius 2 is 1.89 bits per heavy atom. The summed E-state index contributed by atoms with van der Waals surface area (Å²) in [6.45, 7) is 4.35. The molecule has 0 amide bonds. The minimum absolute atomic E-state index is 0.103. The van der Waals surface area contributed by atoms with E-state index in [1.807, 2.05) is 0 Å². The maximum absolute atomic E-state index is 5.32. The van der Waals surface area contributed by atoms with E-state index in [1.54, 1.807) is 0 Å². The van der Waals surface area contributed by atoms with Crippen LogP contribution in [0.15, 0.2) is 0 Å². The van der Waals surface area contributed by atoms with E-state index >= 15 is 0 Å². The molecule has 0 unspecified atom stereocenters. The summed E-state index contributed by atoms with van der Waals surface area (Å²) in [5, 5.41) is 0. The molecule has 0 fully saturated rings. The van der Waals surface area contributed by atoms with Crippen molar-refractivity contribution < 1.29 is 0 Å². The fourth-order valence-electron chi connectivity index (χ4n) is 0.134. The van der Waals surface area contributed by atoms with Gasteiger partial charge >= 0.3 is 35.7 Å². The van der Waals surface area contributed by atoms with E-state index in [9.17, 15) is 0 Å². The fourth-order valence-corrected chi connectivity index (χ4v) is 2.69. The molecule has 0 radical (unpaired) electrons. The molecule has 0 bridgehead atoms. The number of halogens is 2. The third kappa shape index (κ3) is 25.0. The molecule has 0 aliphatic carbocycles. The van der Waals surface area contributed by atoms with Crippen LogP contribution in [0.1, 0.15) is 20.3 Å². The lowest BCUT2D eigenvalue weighted by Crippen LogP contribution is -1.68. The van der Waals surface area contributed by atoms with Crippen LogP contribution in [-0.2, 0) is 0 Å². The molecule has 0 nitrogen and oxygen atoms in total. The van der Waals surface area contributed by atoms with Crippen LogP contribution < -0.4 is 0 Å². The molecule has 0 saturated carbocycles. The van der Waals surface area contributed by atoms with Crippen molar-refractivity contribution in [1.82, 2.24) is 0 Å². The Morgan fingerprint density at radius 3 is 1.89 bits per heavy atom. The molecule has 0 heterocycles. The van der Waals surface area contributed by atoms with Crippen LogP contribution in [0.3, 0.4) is 0 Å². The van der Waals surface area contributed by atoms with Crippen LogP contribution in [0.4, 0.5) is 0 Å². The van der Waals surface area contributed by atoms with Crippen molar-refractivity contribution in [2.75, 3.05) is 0 Å². The van der Waals surface area contributed by atoms with Gasteiger partial charge in [-0.05, 0) is 0 Å². The molecule has 0 aromatic carbocycles. The maximum atomic E-state index is 5.32. The Labute approximate surface area is 91.5 Å². The third-order valence-corrected chi connectivity index (χ3v) is 5.45. The zero-order valence-electron chi connectivity index (χ0n) is 6.29. The first kappa shape index (κ1) is 14.1. The van der Waals surface area contributed by atoms with Crippen LogP contribution in [-0.4, -0.2) is 35.7 Å². The third-order valence-electron chi connectivity index (χ3n) is 0.676. The van der Waals surface area contributed by atoms with Gasteiger partial charge in [0.25, 0.3) is 0 Å². The highest BCUT2D eigenvalue weighted by Gasteiger charge is 1.80. The van der Waals surface area contributed by atoms with E-state index in [2.05, 4.69) is 32.7 Å². The molecule has 0 spiro atoms. The van der Waals surface area contributed by atoms with Crippen LogP contribution in [0.5, 0.6) is 0 Å². The first-order chi connectivity index (χ1) is 4.33. The zero-order chi connectivity index (χ0) is 7.54. The second kappa shape index (κ2) is 16.9. The minimum Gasteiger partial charge on any atom is -0.346 e. The Morgan fingerprint density at radius 1 is 1.44 bits per heavy atom. The summed E-state index contributed by atoms with van der Waals surface area (Å²) in [5.41, 5.74) is 0. The molecule has 0 N–H and O–H groups in total. The highest BCUT2D eigenvalue weighted by Crippen LogP contribution is 1.88. The van der Waals surface area contributed by atoms with Crippen molar-refractivity contribution in [1.29, 1.82) is 0 Å². The molecular weight excluding hydrogens is 271 g/mol. The molecule has 0 aliphatic heterocycles. The molecule has 9 heavy (non-hydrogen) atoms. The quantitative estimate of drug-likeness (QED) is 0.551. The van der Waals surface area contributed by atoms with Gasteiger partial charge in [0.05, 0.1) is 0 Å². The van der Waals surface area contributed by atoms with Gasteiger partial charge < -0.3 is 27.9 Å². The molecule has 0 aromatic rings. The van der Waals surface area contributed by atoms with Gasteiger partial charge in [-0.2, -0.15) is 0 Å². The summed E-state index contributed by atoms with van der Waals surface area (Å²) in [6, 6.07) is 0. The van der Waals surface area contributed by atoms with Crippen molar-refractivity contribution in [3.63, 3.8) is 0 Å². The summed E-state index contributed by atoms with van der Waals surface area (Å²) >= 11 is 2.81. The van der Waals surface area contributed by atoms with Crippen LogP contribution in [0.2, 0.25) is 9.10 Å². The van der Waals surface area contributed by atoms with Crippen molar-refractivity contribution in [2.45, 2.75) is 29.4 Å². The Balaban J connectivity index is 0. The molecule has 0 atom stereocenters. The fraction of sp³-hybridized carbons (Fsp3) is 1.00. The first-order valence-corrected chi connectivity index (χ1v) is 12.7. The van der Waals surface area contributed by atoms with E-state index in [-0.39, 0.29) is 19.3 Å². The molecule has 4 heteroatoms. The number of hydrogen-bond acceptors (Lipinski definition) is 0. The molecular formula is C5H12ClIMg2. The van der Waals surface area contributed by atoms with Gasteiger partial charge in [0.15, 0.2) is 0 Å². The summed E-state index contributed by atoms with van der Waals surface area (Å²) in [4.78, 5) is 0. The second-order valence-electron chi connectivity index (χ2n) is 1.73. The van der Waals surface area contributed by atoms with E-state index in [0.29, 0.717) is 16.5 Å². The second-order valence-corrected chi connectivity index (χ2v) is 8.56. The lowest BCUT2D eigenvalue weighted by atomic mass is 10.6. The van der Waals surface area contributed by atoms with Gasteiger partial charge in [0.1, 0.15) is 0 Å². The lowest BCUT2D eigenvalue weighted by molar-refractivity contribution is 1.08. The van der Waals surface area contributed by atoms with Crippen molar-refractivity contribution in [3.8, 4) is 0 Å². The van der Waals surface area contributed by atoms with Crippen molar-refractivity contribution in [2.24, 2.45) is 0 Å². The molecule has 0 aromatic heterocycles. The highest BCUT2D eigenvalue weighted by molar-refractivity contribution is 14.1. The monoisotopic (exact) mass is 282 g/mol. The molecule has 50 valence electrons. The van der Waals surface area contributed by atoms with Crippen molar-refractivity contribution >= 4 is 63.7 Å². The Kier molecular flexibility index (Phi) is 26.4. The Bertz CT molecular complexity index is 34.1. The van der Waals surface area contributed by atoms with Crippen LogP contribution >= 0.6 is 27.9 Å². The molecule has 0 saturated heterocycles. The van der Waals surface area contributed by atoms with Gasteiger partial charge in [0, 0.05) is 0 Å². The van der Waals surface area contributed by atoms with E-state index < -0.39 is 0 Å². The average Bonchev–Trinajstić information content (AvgIpc) is 1.91. The SMILES string of the molecule is CC[CH2][Mg][I].C[CH2][Mg][Cl]. The highest BCUT2D eigenvalue weighted by atomic mass is 127. The van der Waals surface area contributed by atoms with Gasteiger partial charge in [-0.25, -0.2) is 0 Å². The summed E-state index contributed by atoms with van der Waals surface area (Å²) in [5.74, 6) is 0. The van der Waals surface area contributed by atoms with Gasteiger partial charge in [-0.3, -0.25) is 0 Å². The molecule has 0 rings (SSSR count).